The van der Waals surface area contributed by atoms with E-state index in [-0.39, 0.29) is 18.8 Å². The Bertz CT molecular complexity index is 752. The van der Waals surface area contributed by atoms with E-state index in [0.29, 0.717) is 6.54 Å². The summed E-state index contributed by atoms with van der Waals surface area (Å²) in [7, 11) is 0. The van der Waals surface area contributed by atoms with Gasteiger partial charge in [-0.1, -0.05) is 18.2 Å². The number of anilines is 1. The molecular weight excluding hydrogens is 296 g/mol. The molecule has 1 aromatic heterocycles. The van der Waals surface area contributed by atoms with Crippen LogP contribution in [-0.4, -0.2) is 44.5 Å². The number of imide groups is 1. The smallest absolute Gasteiger partial charge is 0.277 e. The molecule has 0 bridgehead atoms. The number of aromatic nitrogens is 2. The second-order valence-corrected chi connectivity index (χ2v) is 5.09. The zero-order valence-electron chi connectivity index (χ0n) is 12.3. The minimum Gasteiger partial charge on any atom is -0.395 e. The zero-order valence-corrected chi connectivity index (χ0v) is 12.3. The molecule has 2 amide bonds. The van der Waals surface area contributed by atoms with Gasteiger partial charge in [0.1, 0.15) is 5.70 Å². The molecule has 0 spiro atoms. The maximum Gasteiger partial charge on any atom is 0.277 e. The molecular formula is C16H16N4O3. The lowest BCUT2D eigenvalue weighted by Gasteiger charge is -2.15. The van der Waals surface area contributed by atoms with Crippen molar-refractivity contribution in [1.29, 1.82) is 0 Å². The first-order chi connectivity index (χ1) is 11.2. The number of rotatable bonds is 6. The highest BCUT2D eigenvalue weighted by atomic mass is 16.3. The number of nitrogens with zero attached hydrogens (tertiary/aromatic N) is 3. The van der Waals surface area contributed by atoms with Crippen LogP contribution in [0.1, 0.15) is 5.56 Å². The van der Waals surface area contributed by atoms with Crippen molar-refractivity contribution in [2.75, 3.05) is 18.5 Å². The van der Waals surface area contributed by atoms with Gasteiger partial charge in [-0.15, -0.1) is 0 Å². The fraction of sp³-hybridized carbons (Fsp3) is 0.188. The number of aliphatic hydroxyl groups excluding tert-OH is 1. The number of carbonyl (C=O) groups is 2. The highest BCUT2D eigenvalue weighted by molar-refractivity contribution is 6.17. The van der Waals surface area contributed by atoms with Crippen LogP contribution in [0.15, 0.2) is 54.8 Å². The van der Waals surface area contributed by atoms with E-state index in [1.807, 2.05) is 35.0 Å². The Kier molecular flexibility index (Phi) is 4.20. The van der Waals surface area contributed by atoms with E-state index in [0.717, 1.165) is 16.2 Å². The number of imidazole rings is 1. The first kappa shape index (κ1) is 15.0. The molecule has 0 aliphatic carbocycles. The van der Waals surface area contributed by atoms with E-state index in [2.05, 4.69) is 10.3 Å². The number of carbonyl (C=O) groups excluding carboxylic acids is 2. The largest absolute Gasteiger partial charge is 0.395 e. The fourth-order valence-electron chi connectivity index (χ4n) is 2.41. The van der Waals surface area contributed by atoms with Crippen LogP contribution >= 0.6 is 0 Å². The summed E-state index contributed by atoms with van der Waals surface area (Å²) in [5, 5.41) is 12.0. The van der Waals surface area contributed by atoms with Crippen molar-refractivity contribution in [1.82, 2.24) is 14.5 Å². The van der Waals surface area contributed by atoms with E-state index in [1.165, 1.54) is 6.08 Å². The summed E-state index contributed by atoms with van der Waals surface area (Å²) in [6, 6.07) is 7.55. The number of β-amino-alcohol motifs (C(OH)–C–C–N with tert-alkyl or cyclic N) is 1. The highest BCUT2D eigenvalue weighted by Gasteiger charge is 2.30. The monoisotopic (exact) mass is 312 g/mol. The normalized spacial score (nSPS) is 14.3. The van der Waals surface area contributed by atoms with Gasteiger partial charge in [0, 0.05) is 24.2 Å². The van der Waals surface area contributed by atoms with E-state index in [1.54, 1.807) is 12.5 Å². The van der Waals surface area contributed by atoms with E-state index in [9.17, 15) is 9.59 Å². The van der Waals surface area contributed by atoms with Crippen LogP contribution in [0.25, 0.3) is 0 Å². The summed E-state index contributed by atoms with van der Waals surface area (Å²) in [6.45, 7) is 0.338. The second kappa shape index (κ2) is 6.45. The Hall–Kier alpha value is -2.93. The zero-order chi connectivity index (χ0) is 16.2. The number of hydrogen-bond donors (Lipinski definition) is 2. The fourth-order valence-corrected chi connectivity index (χ4v) is 2.41. The number of aliphatic hydroxyl groups is 1. The van der Waals surface area contributed by atoms with Crippen molar-refractivity contribution < 1.29 is 14.7 Å². The molecule has 0 saturated carbocycles. The van der Waals surface area contributed by atoms with Gasteiger partial charge in [-0.05, 0) is 11.6 Å². The lowest BCUT2D eigenvalue weighted by Crippen LogP contribution is -2.34. The standard InChI is InChI=1S/C16H16N4O3/c21-8-7-20-15(22)9-14(16(20)23)18-13-4-2-1-3-12(13)10-19-6-5-17-11-19/h1-6,9,11,18,21H,7-8,10H2. The van der Waals surface area contributed by atoms with Crippen LogP contribution in [0, 0.1) is 0 Å². The number of benzene rings is 1. The Morgan fingerprint density at radius 3 is 2.78 bits per heavy atom. The van der Waals surface area contributed by atoms with Gasteiger partial charge in [0.25, 0.3) is 11.8 Å². The maximum absolute atomic E-state index is 12.2. The molecule has 1 aromatic carbocycles. The first-order valence-electron chi connectivity index (χ1n) is 7.18. The molecule has 1 aliphatic heterocycles. The molecule has 0 unspecified atom stereocenters. The van der Waals surface area contributed by atoms with Gasteiger partial charge in [-0.2, -0.15) is 0 Å². The van der Waals surface area contributed by atoms with Crippen LogP contribution in [-0.2, 0) is 16.1 Å². The highest BCUT2D eigenvalue weighted by Crippen LogP contribution is 2.21. The van der Waals surface area contributed by atoms with Gasteiger partial charge < -0.3 is 15.0 Å². The molecule has 2 aromatic rings. The molecule has 0 saturated heterocycles. The van der Waals surface area contributed by atoms with Crippen LogP contribution in [0.5, 0.6) is 0 Å². The quantitative estimate of drug-likeness (QED) is 0.762. The van der Waals surface area contributed by atoms with Crippen LogP contribution < -0.4 is 5.32 Å². The second-order valence-electron chi connectivity index (χ2n) is 5.09. The molecule has 1 aliphatic rings. The molecule has 7 heteroatoms. The summed E-state index contributed by atoms with van der Waals surface area (Å²) >= 11 is 0. The van der Waals surface area contributed by atoms with Crippen molar-refractivity contribution in [3.05, 3.63) is 60.3 Å². The maximum atomic E-state index is 12.2. The molecule has 2 N–H and O–H groups in total. The predicted octanol–water partition coefficient (Wildman–Crippen LogP) is 0.588. The average Bonchev–Trinajstić information content (AvgIpc) is 3.14. The van der Waals surface area contributed by atoms with E-state index < -0.39 is 11.8 Å². The number of para-hydroxylation sites is 1. The van der Waals surface area contributed by atoms with Crippen LogP contribution in [0.4, 0.5) is 5.69 Å². The Morgan fingerprint density at radius 1 is 1.22 bits per heavy atom. The predicted molar refractivity (Wildman–Crippen MR) is 83.3 cm³/mol. The average molecular weight is 312 g/mol. The molecule has 3 rings (SSSR count). The van der Waals surface area contributed by atoms with Gasteiger partial charge in [0.2, 0.25) is 0 Å². The van der Waals surface area contributed by atoms with Gasteiger partial charge in [-0.25, -0.2) is 4.98 Å². The van der Waals surface area contributed by atoms with Crippen molar-refractivity contribution >= 4 is 17.5 Å². The lowest BCUT2D eigenvalue weighted by atomic mass is 10.1. The third-order valence-corrected chi connectivity index (χ3v) is 3.53. The summed E-state index contributed by atoms with van der Waals surface area (Å²) in [5.74, 6) is -0.847. The van der Waals surface area contributed by atoms with Gasteiger partial charge in [0.15, 0.2) is 0 Å². The van der Waals surface area contributed by atoms with Crippen molar-refractivity contribution in [2.24, 2.45) is 0 Å². The molecule has 118 valence electrons. The minimum absolute atomic E-state index is 0.00394. The number of nitrogens with one attached hydrogen (secondary N) is 1. The minimum atomic E-state index is -0.429. The molecule has 2 heterocycles. The van der Waals surface area contributed by atoms with Crippen molar-refractivity contribution in [2.45, 2.75) is 6.54 Å². The van der Waals surface area contributed by atoms with E-state index >= 15 is 0 Å². The Balaban J connectivity index is 1.80. The Labute approximate surface area is 132 Å². The van der Waals surface area contributed by atoms with E-state index in [4.69, 9.17) is 5.11 Å². The van der Waals surface area contributed by atoms with Gasteiger partial charge in [-0.3, -0.25) is 14.5 Å². The summed E-state index contributed by atoms with van der Waals surface area (Å²) in [6.07, 6.45) is 6.52. The van der Waals surface area contributed by atoms with Crippen molar-refractivity contribution in [3.8, 4) is 0 Å². The van der Waals surface area contributed by atoms with Gasteiger partial charge >= 0.3 is 0 Å². The van der Waals surface area contributed by atoms with Crippen LogP contribution in [0.3, 0.4) is 0 Å². The molecule has 23 heavy (non-hydrogen) atoms. The molecule has 0 atom stereocenters. The topological polar surface area (TPSA) is 87.5 Å². The lowest BCUT2D eigenvalue weighted by molar-refractivity contribution is -0.137. The molecule has 7 nitrogen and oxygen atoms in total. The van der Waals surface area contributed by atoms with Gasteiger partial charge in [0.05, 0.1) is 26.0 Å². The third-order valence-electron chi connectivity index (χ3n) is 3.53. The summed E-state index contributed by atoms with van der Waals surface area (Å²) < 4.78 is 1.91. The third kappa shape index (κ3) is 3.14. The SMILES string of the molecule is O=C1C=C(Nc2ccccc2Cn2ccnc2)C(=O)N1CCO. The molecule has 0 radical (unpaired) electrons. The first-order valence-corrected chi connectivity index (χ1v) is 7.18. The van der Waals surface area contributed by atoms with Crippen molar-refractivity contribution in [3.63, 3.8) is 0 Å². The number of hydrogen-bond acceptors (Lipinski definition) is 5. The number of amides is 2. The summed E-state index contributed by atoms with van der Waals surface area (Å²) in [4.78, 5) is 29.0. The molecule has 0 fully saturated rings. The van der Waals surface area contributed by atoms with Crippen LogP contribution in [0.2, 0.25) is 0 Å². The summed E-state index contributed by atoms with van der Waals surface area (Å²) in [5.41, 5.74) is 1.92. The Morgan fingerprint density at radius 2 is 2.04 bits per heavy atom.